The Morgan fingerprint density at radius 2 is 1.55 bits per heavy atom. The number of rotatable bonds is 6. The smallest absolute Gasteiger partial charge is 0.227 e. The molecule has 1 amide bonds. The number of halogens is 2. The van der Waals surface area contributed by atoms with Gasteiger partial charge in [-0.25, -0.2) is 0 Å². The zero-order chi connectivity index (χ0) is 21.6. The number of piperidine rings is 1. The second-order valence-corrected chi connectivity index (χ2v) is 8.83. The maximum absolute atomic E-state index is 12.7. The minimum Gasteiger partial charge on any atom is -0.326 e. The number of carbonyl (C=O) groups is 1. The van der Waals surface area contributed by atoms with Crippen LogP contribution in [0.3, 0.4) is 0 Å². The molecule has 0 atom stereocenters. The number of pyridine rings is 1. The number of amides is 1. The van der Waals surface area contributed by atoms with Crippen LogP contribution in [0.4, 0.5) is 5.69 Å². The molecule has 1 fully saturated rings. The molecule has 4 rings (SSSR count). The molecule has 160 valence electrons. The van der Waals surface area contributed by atoms with Gasteiger partial charge in [-0.3, -0.25) is 14.7 Å². The van der Waals surface area contributed by atoms with Crippen LogP contribution >= 0.6 is 23.2 Å². The quantitative estimate of drug-likeness (QED) is 0.510. The maximum atomic E-state index is 12.7. The Morgan fingerprint density at radius 1 is 0.903 bits per heavy atom. The zero-order valence-corrected chi connectivity index (χ0v) is 18.7. The van der Waals surface area contributed by atoms with Gasteiger partial charge in [-0.1, -0.05) is 41.4 Å². The van der Waals surface area contributed by atoms with Gasteiger partial charge in [0.2, 0.25) is 5.91 Å². The number of aromatic nitrogens is 1. The SMILES string of the molecule is O=C(Nc1ccc(Cc2ccncc2)cc1)C1CCN(Cc2ccc(Cl)c(Cl)c2)CC1. The second-order valence-electron chi connectivity index (χ2n) is 8.02. The van der Waals surface area contributed by atoms with Crippen molar-refractivity contribution in [2.75, 3.05) is 18.4 Å². The summed E-state index contributed by atoms with van der Waals surface area (Å²) in [6.45, 7) is 2.61. The molecule has 1 aromatic heterocycles. The Hall–Kier alpha value is -2.40. The van der Waals surface area contributed by atoms with Crippen molar-refractivity contribution in [2.24, 2.45) is 5.92 Å². The fourth-order valence-electron chi connectivity index (χ4n) is 3.94. The number of hydrogen-bond donors (Lipinski definition) is 1. The van der Waals surface area contributed by atoms with Gasteiger partial charge in [0.15, 0.2) is 0 Å². The average Bonchev–Trinajstić information content (AvgIpc) is 2.79. The van der Waals surface area contributed by atoms with Crippen molar-refractivity contribution >= 4 is 34.8 Å². The summed E-state index contributed by atoms with van der Waals surface area (Å²) in [7, 11) is 0. The van der Waals surface area contributed by atoms with Crippen LogP contribution in [0.15, 0.2) is 67.0 Å². The van der Waals surface area contributed by atoms with Gasteiger partial charge >= 0.3 is 0 Å². The molecular weight excluding hydrogens is 429 g/mol. The Kier molecular flexibility index (Phi) is 7.23. The van der Waals surface area contributed by atoms with Gasteiger partial charge in [-0.15, -0.1) is 0 Å². The Bertz CT molecular complexity index is 1020. The first-order valence-electron chi connectivity index (χ1n) is 10.5. The molecule has 1 saturated heterocycles. The minimum absolute atomic E-state index is 0.0431. The topological polar surface area (TPSA) is 45.2 Å². The van der Waals surface area contributed by atoms with Gasteiger partial charge in [0, 0.05) is 30.5 Å². The second kappa shape index (κ2) is 10.3. The van der Waals surface area contributed by atoms with Crippen molar-refractivity contribution in [3.8, 4) is 0 Å². The molecule has 1 aliphatic rings. The highest BCUT2D eigenvalue weighted by molar-refractivity contribution is 6.42. The summed E-state index contributed by atoms with van der Waals surface area (Å²) in [6.07, 6.45) is 6.17. The zero-order valence-electron chi connectivity index (χ0n) is 17.2. The Labute approximate surface area is 193 Å². The van der Waals surface area contributed by atoms with Gasteiger partial charge in [0.25, 0.3) is 0 Å². The van der Waals surface area contributed by atoms with Crippen LogP contribution in [0.2, 0.25) is 10.0 Å². The molecule has 0 bridgehead atoms. The van der Waals surface area contributed by atoms with E-state index in [0.717, 1.165) is 50.1 Å². The number of anilines is 1. The van der Waals surface area contributed by atoms with Crippen LogP contribution in [0, 0.1) is 5.92 Å². The van der Waals surface area contributed by atoms with E-state index in [-0.39, 0.29) is 11.8 Å². The predicted octanol–water partition coefficient (Wildman–Crippen LogP) is 5.83. The summed E-state index contributed by atoms with van der Waals surface area (Å²) in [5, 5.41) is 4.24. The maximum Gasteiger partial charge on any atom is 0.227 e. The standard InChI is InChI=1S/C25H25Cl2N3O/c26-23-6-3-20(16-24(23)27)17-30-13-9-21(10-14-30)25(31)29-22-4-1-18(2-5-22)15-19-7-11-28-12-8-19/h1-8,11-12,16,21H,9-10,13-15,17H2,(H,29,31). The van der Waals surface area contributed by atoms with Gasteiger partial charge in [0.05, 0.1) is 10.0 Å². The van der Waals surface area contributed by atoms with Crippen LogP contribution in [0.1, 0.15) is 29.5 Å². The largest absolute Gasteiger partial charge is 0.326 e. The molecule has 0 saturated carbocycles. The fraction of sp³-hybridized carbons (Fsp3) is 0.280. The predicted molar refractivity (Wildman–Crippen MR) is 127 cm³/mol. The van der Waals surface area contributed by atoms with Gasteiger partial charge in [-0.05, 0) is 85.4 Å². The average molecular weight is 454 g/mol. The van der Waals surface area contributed by atoms with E-state index in [2.05, 4.69) is 27.3 Å². The first kappa shape index (κ1) is 21.8. The summed E-state index contributed by atoms with van der Waals surface area (Å²) in [4.78, 5) is 19.1. The van der Waals surface area contributed by atoms with E-state index < -0.39 is 0 Å². The third-order valence-electron chi connectivity index (χ3n) is 5.73. The lowest BCUT2D eigenvalue weighted by molar-refractivity contribution is -0.121. The number of benzene rings is 2. The van der Waals surface area contributed by atoms with Crippen LogP contribution in [-0.2, 0) is 17.8 Å². The molecule has 0 spiro atoms. The molecule has 4 nitrogen and oxygen atoms in total. The third-order valence-corrected chi connectivity index (χ3v) is 6.47. The number of hydrogen-bond acceptors (Lipinski definition) is 3. The molecule has 2 aromatic carbocycles. The molecule has 3 aromatic rings. The van der Waals surface area contributed by atoms with E-state index in [0.29, 0.717) is 10.0 Å². The van der Waals surface area contributed by atoms with Crippen molar-refractivity contribution in [1.82, 2.24) is 9.88 Å². The number of carbonyl (C=O) groups excluding carboxylic acids is 1. The van der Waals surface area contributed by atoms with E-state index in [1.54, 1.807) is 12.4 Å². The highest BCUT2D eigenvalue weighted by atomic mass is 35.5. The third kappa shape index (κ3) is 6.07. The van der Waals surface area contributed by atoms with Crippen molar-refractivity contribution in [3.05, 3.63) is 93.7 Å². The molecular formula is C25H25Cl2N3O. The molecule has 1 N–H and O–H groups in total. The van der Waals surface area contributed by atoms with E-state index in [1.807, 2.05) is 42.5 Å². The van der Waals surface area contributed by atoms with E-state index in [1.165, 1.54) is 11.1 Å². The highest BCUT2D eigenvalue weighted by Gasteiger charge is 2.25. The highest BCUT2D eigenvalue weighted by Crippen LogP contribution is 2.25. The summed E-state index contributed by atoms with van der Waals surface area (Å²) < 4.78 is 0. The van der Waals surface area contributed by atoms with Crippen LogP contribution < -0.4 is 5.32 Å². The molecule has 2 heterocycles. The number of nitrogens with one attached hydrogen (secondary N) is 1. The van der Waals surface area contributed by atoms with E-state index in [4.69, 9.17) is 23.2 Å². The lowest BCUT2D eigenvalue weighted by Crippen LogP contribution is -2.37. The van der Waals surface area contributed by atoms with E-state index in [9.17, 15) is 4.79 Å². The van der Waals surface area contributed by atoms with Crippen molar-refractivity contribution in [1.29, 1.82) is 0 Å². The lowest BCUT2D eigenvalue weighted by atomic mass is 9.95. The van der Waals surface area contributed by atoms with Crippen LogP contribution in [0.5, 0.6) is 0 Å². The molecule has 6 heteroatoms. The molecule has 0 unspecified atom stereocenters. The minimum atomic E-state index is 0.0431. The molecule has 0 radical (unpaired) electrons. The lowest BCUT2D eigenvalue weighted by Gasteiger charge is -2.31. The number of likely N-dealkylation sites (tertiary alicyclic amines) is 1. The van der Waals surface area contributed by atoms with E-state index >= 15 is 0 Å². The first-order valence-corrected chi connectivity index (χ1v) is 11.3. The molecule has 0 aliphatic carbocycles. The Morgan fingerprint density at radius 3 is 2.23 bits per heavy atom. The molecule has 31 heavy (non-hydrogen) atoms. The van der Waals surface area contributed by atoms with Gasteiger partial charge < -0.3 is 5.32 Å². The summed E-state index contributed by atoms with van der Waals surface area (Å²) in [5.74, 6) is 0.151. The summed E-state index contributed by atoms with van der Waals surface area (Å²) >= 11 is 12.1. The number of nitrogens with zero attached hydrogens (tertiary/aromatic N) is 2. The monoisotopic (exact) mass is 453 g/mol. The van der Waals surface area contributed by atoms with Crippen molar-refractivity contribution in [2.45, 2.75) is 25.8 Å². The molecule has 1 aliphatic heterocycles. The van der Waals surface area contributed by atoms with Gasteiger partial charge in [-0.2, -0.15) is 0 Å². The summed E-state index contributed by atoms with van der Waals surface area (Å²) in [5.41, 5.74) is 4.42. The first-order chi connectivity index (χ1) is 15.1. The summed E-state index contributed by atoms with van der Waals surface area (Å²) in [6, 6.07) is 17.9. The van der Waals surface area contributed by atoms with Crippen molar-refractivity contribution < 1.29 is 4.79 Å². The van der Waals surface area contributed by atoms with Crippen LogP contribution in [-0.4, -0.2) is 28.9 Å². The van der Waals surface area contributed by atoms with Gasteiger partial charge in [0.1, 0.15) is 0 Å². The normalized spacial score (nSPS) is 15.0. The Balaban J connectivity index is 1.25. The fourth-order valence-corrected chi connectivity index (χ4v) is 4.26. The van der Waals surface area contributed by atoms with Crippen molar-refractivity contribution in [3.63, 3.8) is 0 Å². The van der Waals surface area contributed by atoms with Crippen LogP contribution in [0.25, 0.3) is 0 Å².